The Balaban J connectivity index is 1.72. The van der Waals surface area contributed by atoms with Crippen molar-refractivity contribution in [3.63, 3.8) is 0 Å². The van der Waals surface area contributed by atoms with E-state index in [1.807, 2.05) is 48.0 Å². The minimum Gasteiger partial charge on any atom is -0.332 e. The number of allylic oxidation sites excluding steroid dienone is 1. The van der Waals surface area contributed by atoms with Crippen LogP contribution in [-0.2, 0) is 13.0 Å². The Hall–Kier alpha value is -3.18. The Morgan fingerprint density at radius 1 is 1.13 bits per heavy atom. The molecule has 0 radical (unpaired) electrons. The Labute approximate surface area is 181 Å². The van der Waals surface area contributed by atoms with Crippen molar-refractivity contribution in [1.82, 2.24) is 19.9 Å². The summed E-state index contributed by atoms with van der Waals surface area (Å²) < 4.78 is 7.44. The van der Waals surface area contributed by atoms with Gasteiger partial charge in [-0.25, -0.2) is 0 Å². The van der Waals surface area contributed by atoms with E-state index in [1.54, 1.807) is 0 Å². The van der Waals surface area contributed by atoms with Crippen molar-refractivity contribution in [2.45, 2.75) is 33.7 Å². The summed E-state index contributed by atoms with van der Waals surface area (Å²) in [6, 6.07) is 13.8. The van der Waals surface area contributed by atoms with E-state index in [-0.39, 0.29) is 0 Å². The van der Waals surface area contributed by atoms with Crippen LogP contribution in [0, 0.1) is 13.8 Å². The maximum absolute atomic E-state index is 6.39. The van der Waals surface area contributed by atoms with Gasteiger partial charge in [-0.15, -0.1) is 6.58 Å². The average Bonchev–Trinajstić information content (AvgIpc) is 3.38. The zero-order chi connectivity index (χ0) is 21.3. The molecule has 0 spiro atoms. The Bertz CT molecular complexity index is 1200. The van der Waals surface area contributed by atoms with Crippen LogP contribution < -0.4 is 0 Å². The number of hydrogen-bond donors (Lipinski definition) is 0. The van der Waals surface area contributed by atoms with Gasteiger partial charge in [0.2, 0.25) is 5.82 Å². The molecule has 4 aromatic rings. The second-order valence-corrected chi connectivity index (χ2v) is 7.62. The lowest BCUT2D eigenvalue weighted by atomic mass is 9.97. The van der Waals surface area contributed by atoms with Crippen LogP contribution in [0.1, 0.15) is 23.6 Å². The first-order valence-corrected chi connectivity index (χ1v) is 10.3. The van der Waals surface area contributed by atoms with E-state index in [0.717, 1.165) is 23.2 Å². The Morgan fingerprint density at radius 3 is 2.53 bits per heavy atom. The lowest BCUT2D eigenvalue weighted by molar-refractivity contribution is 0.430. The highest BCUT2D eigenvalue weighted by Crippen LogP contribution is 2.32. The number of hydrogen-bond acceptors (Lipinski definition) is 4. The molecule has 0 unspecified atom stereocenters. The summed E-state index contributed by atoms with van der Waals surface area (Å²) >= 11 is 6.39. The van der Waals surface area contributed by atoms with Gasteiger partial charge >= 0.3 is 0 Å². The second-order valence-electron chi connectivity index (χ2n) is 7.21. The minimum atomic E-state index is 0.385. The lowest BCUT2D eigenvalue weighted by Crippen LogP contribution is -1.99. The maximum atomic E-state index is 6.39. The SMILES string of the molecule is C=CCc1c(C)cc(-c2noc(-c3cc(-c4ccccc4Cl)n(CC)n3)n2)cc1C. The van der Waals surface area contributed by atoms with Crippen LogP contribution in [0.2, 0.25) is 5.02 Å². The third-order valence-corrected chi connectivity index (χ3v) is 5.51. The van der Waals surface area contributed by atoms with Gasteiger partial charge in [0.25, 0.3) is 5.89 Å². The molecule has 0 aliphatic heterocycles. The van der Waals surface area contributed by atoms with E-state index < -0.39 is 0 Å². The van der Waals surface area contributed by atoms with Gasteiger partial charge in [0.1, 0.15) is 0 Å². The molecule has 0 aliphatic carbocycles. The van der Waals surface area contributed by atoms with E-state index in [0.29, 0.717) is 29.0 Å². The van der Waals surface area contributed by atoms with Crippen molar-refractivity contribution in [2.75, 3.05) is 0 Å². The number of halogens is 1. The summed E-state index contributed by atoms with van der Waals surface area (Å²) in [7, 11) is 0. The van der Waals surface area contributed by atoms with Crippen molar-refractivity contribution in [2.24, 2.45) is 0 Å². The number of aromatic nitrogens is 4. The molecule has 6 heteroatoms. The van der Waals surface area contributed by atoms with Gasteiger partial charge in [-0.3, -0.25) is 4.68 Å². The largest absolute Gasteiger partial charge is 0.332 e. The highest BCUT2D eigenvalue weighted by molar-refractivity contribution is 6.33. The van der Waals surface area contributed by atoms with E-state index in [4.69, 9.17) is 16.1 Å². The summed E-state index contributed by atoms with van der Waals surface area (Å²) in [6.07, 6.45) is 2.76. The monoisotopic (exact) mass is 418 g/mol. The first-order valence-electron chi connectivity index (χ1n) is 9.90. The van der Waals surface area contributed by atoms with Crippen molar-refractivity contribution < 1.29 is 4.52 Å². The third kappa shape index (κ3) is 3.68. The summed E-state index contributed by atoms with van der Waals surface area (Å²) in [5.41, 5.74) is 7.04. The fourth-order valence-corrected chi connectivity index (χ4v) is 3.91. The quantitative estimate of drug-likeness (QED) is 0.345. The maximum Gasteiger partial charge on any atom is 0.278 e. The normalized spacial score (nSPS) is 11.1. The first-order chi connectivity index (χ1) is 14.5. The first kappa shape index (κ1) is 20.1. The fourth-order valence-electron chi connectivity index (χ4n) is 3.68. The van der Waals surface area contributed by atoms with Crippen molar-refractivity contribution >= 4 is 11.6 Å². The number of benzene rings is 2. The van der Waals surface area contributed by atoms with Crippen LogP contribution in [0.4, 0.5) is 0 Å². The molecule has 0 fully saturated rings. The standard InChI is InChI=1S/C24H23ClN4O/c1-5-9-18-15(3)12-17(13-16(18)4)23-26-24(30-28-23)21-14-22(29(6-2)27-21)19-10-7-8-11-20(19)25/h5,7-8,10-14H,1,6,9H2,2-4H3. The highest BCUT2D eigenvalue weighted by atomic mass is 35.5. The molecular weight excluding hydrogens is 396 g/mol. The molecule has 0 aliphatic rings. The Kier molecular flexibility index (Phi) is 5.55. The van der Waals surface area contributed by atoms with Gasteiger partial charge in [0.05, 0.1) is 5.69 Å². The molecule has 4 rings (SSSR count). The van der Waals surface area contributed by atoms with Crippen LogP contribution in [0.3, 0.4) is 0 Å². The van der Waals surface area contributed by atoms with E-state index in [9.17, 15) is 0 Å². The molecule has 0 saturated carbocycles. The lowest BCUT2D eigenvalue weighted by Gasteiger charge is -2.09. The van der Waals surface area contributed by atoms with Gasteiger partial charge in [0.15, 0.2) is 5.69 Å². The predicted molar refractivity (Wildman–Crippen MR) is 120 cm³/mol. The van der Waals surface area contributed by atoms with Crippen LogP contribution in [0.15, 0.2) is 59.6 Å². The zero-order valence-corrected chi connectivity index (χ0v) is 18.1. The molecule has 0 N–H and O–H groups in total. The van der Waals surface area contributed by atoms with Crippen LogP contribution in [0.5, 0.6) is 0 Å². The van der Waals surface area contributed by atoms with Crippen LogP contribution in [0.25, 0.3) is 34.2 Å². The third-order valence-electron chi connectivity index (χ3n) is 5.18. The van der Waals surface area contributed by atoms with Gasteiger partial charge in [0, 0.05) is 22.7 Å². The van der Waals surface area contributed by atoms with Crippen molar-refractivity contribution in [3.05, 3.63) is 76.8 Å². The zero-order valence-electron chi connectivity index (χ0n) is 17.3. The summed E-state index contributed by atoms with van der Waals surface area (Å²) in [5.74, 6) is 0.933. The summed E-state index contributed by atoms with van der Waals surface area (Å²) in [4.78, 5) is 4.61. The number of nitrogens with zero attached hydrogens (tertiary/aromatic N) is 4. The molecule has 2 aromatic carbocycles. The predicted octanol–water partition coefficient (Wildman–Crippen LogP) is 6.29. The average molecular weight is 419 g/mol. The fraction of sp³-hybridized carbons (Fsp3) is 0.208. The molecular formula is C24H23ClN4O. The molecule has 30 heavy (non-hydrogen) atoms. The number of rotatable bonds is 6. The second kappa shape index (κ2) is 8.28. The Morgan fingerprint density at radius 2 is 1.87 bits per heavy atom. The van der Waals surface area contributed by atoms with Crippen LogP contribution in [-0.4, -0.2) is 19.9 Å². The summed E-state index contributed by atoms with van der Waals surface area (Å²) in [6.45, 7) is 10.8. The van der Waals surface area contributed by atoms with Crippen molar-refractivity contribution in [1.29, 1.82) is 0 Å². The van der Waals surface area contributed by atoms with Crippen molar-refractivity contribution in [3.8, 4) is 34.2 Å². The molecule has 2 heterocycles. The smallest absolute Gasteiger partial charge is 0.278 e. The molecule has 0 atom stereocenters. The van der Waals surface area contributed by atoms with Gasteiger partial charge in [-0.2, -0.15) is 10.1 Å². The van der Waals surface area contributed by atoms with Gasteiger partial charge in [-0.1, -0.05) is 41.0 Å². The minimum absolute atomic E-state index is 0.385. The molecule has 0 saturated heterocycles. The van der Waals surface area contributed by atoms with Gasteiger partial charge < -0.3 is 4.52 Å². The summed E-state index contributed by atoms with van der Waals surface area (Å²) in [5, 5.41) is 9.52. The molecule has 2 aromatic heterocycles. The molecule has 5 nitrogen and oxygen atoms in total. The van der Waals surface area contributed by atoms with E-state index in [1.165, 1.54) is 16.7 Å². The van der Waals surface area contributed by atoms with E-state index >= 15 is 0 Å². The van der Waals surface area contributed by atoms with Crippen LogP contribution >= 0.6 is 11.6 Å². The highest BCUT2D eigenvalue weighted by Gasteiger charge is 2.18. The number of aryl methyl sites for hydroxylation is 3. The van der Waals surface area contributed by atoms with Gasteiger partial charge in [-0.05, 0) is 68.1 Å². The molecule has 0 amide bonds. The topological polar surface area (TPSA) is 56.7 Å². The molecule has 152 valence electrons. The molecule has 0 bridgehead atoms. The van der Waals surface area contributed by atoms with E-state index in [2.05, 4.69) is 47.8 Å².